The van der Waals surface area contributed by atoms with Gasteiger partial charge in [-0.1, -0.05) is 30.3 Å². The molecular formula is C24H25NO5. The minimum absolute atomic E-state index is 0.0722. The lowest BCUT2D eigenvalue weighted by atomic mass is 10.1. The largest absolute Gasteiger partial charge is 0.493 e. The van der Waals surface area contributed by atoms with Crippen LogP contribution < -0.4 is 9.47 Å². The zero-order valence-electron chi connectivity index (χ0n) is 16.9. The van der Waals surface area contributed by atoms with E-state index >= 15 is 0 Å². The van der Waals surface area contributed by atoms with Gasteiger partial charge >= 0.3 is 5.97 Å². The van der Waals surface area contributed by atoms with Crippen molar-refractivity contribution in [2.24, 2.45) is 0 Å². The average Bonchev–Trinajstić information content (AvgIpc) is 2.78. The first-order valence-electron chi connectivity index (χ1n) is 9.76. The molecule has 0 aliphatic carbocycles. The van der Waals surface area contributed by atoms with E-state index in [0.29, 0.717) is 13.2 Å². The number of carboxylic acid groups (broad SMARTS) is 1. The molecule has 6 nitrogen and oxygen atoms in total. The monoisotopic (exact) mass is 407 g/mol. The lowest BCUT2D eigenvalue weighted by molar-refractivity contribution is -0.139. The molecule has 0 amide bonds. The van der Waals surface area contributed by atoms with Crippen LogP contribution in [0.25, 0.3) is 11.1 Å². The number of carboxylic acids is 1. The Morgan fingerprint density at radius 2 is 1.57 bits per heavy atom. The minimum Gasteiger partial charge on any atom is -0.493 e. The van der Waals surface area contributed by atoms with Crippen LogP contribution in [0, 0.1) is 0 Å². The second-order valence-electron chi connectivity index (χ2n) is 6.71. The van der Waals surface area contributed by atoms with Crippen molar-refractivity contribution >= 4 is 5.97 Å². The standard InChI is InChI=1S/C24H25NO5/c1-28-23(16-24(26)27)19-7-11-22(12-8-19)30-15-3-14-29-21-9-5-18(6-10-21)20-4-2-13-25-17-20/h2,4-13,17,23H,3,14-16H2,1H3,(H,26,27). The highest BCUT2D eigenvalue weighted by molar-refractivity contribution is 5.67. The lowest BCUT2D eigenvalue weighted by Gasteiger charge is -2.14. The maximum absolute atomic E-state index is 10.9. The molecule has 0 aliphatic heterocycles. The Kier molecular flexibility index (Phi) is 7.80. The van der Waals surface area contributed by atoms with E-state index in [-0.39, 0.29) is 6.42 Å². The van der Waals surface area contributed by atoms with E-state index in [1.54, 1.807) is 6.20 Å². The summed E-state index contributed by atoms with van der Waals surface area (Å²) in [6.07, 6.45) is 3.80. The van der Waals surface area contributed by atoms with Crippen molar-refractivity contribution < 1.29 is 24.1 Å². The molecule has 0 fully saturated rings. The van der Waals surface area contributed by atoms with Gasteiger partial charge in [-0.05, 0) is 47.0 Å². The van der Waals surface area contributed by atoms with Crippen LogP contribution in [-0.2, 0) is 9.53 Å². The molecule has 1 atom stereocenters. The molecule has 6 heteroatoms. The van der Waals surface area contributed by atoms with Gasteiger partial charge in [-0.25, -0.2) is 0 Å². The number of aliphatic carboxylic acids is 1. The van der Waals surface area contributed by atoms with Crippen molar-refractivity contribution in [2.45, 2.75) is 18.9 Å². The second kappa shape index (κ2) is 11.0. The summed E-state index contributed by atoms with van der Waals surface area (Å²) in [6.45, 7) is 1.07. The van der Waals surface area contributed by atoms with Gasteiger partial charge in [0.2, 0.25) is 0 Å². The number of hydrogen-bond donors (Lipinski definition) is 1. The summed E-state index contributed by atoms with van der Waals surface area (Å²) < 4.78 is 16.7. The predicted molar refractivity (Wildman–Crippen MR) is 114 cm³/mol. The molecule has 0 saturated carbocycles. The Labute approximate surface area is 176 Å². The summed E-state index contributed by atoms with van der Waals surface area (Å²) in [5.74, 6) is 0.648. The van der Waals surface area contributed by atoms with Crippen molar-refractivity contribution in [2.75, 3.05) is 20.3 Å². The Morgan fingerprint density at radius 3 is 2.10 bits per heavy atom. The molecule has 0 spiro atoms. The molecule has 1 unspecified atom stereocenters. The fraction of sp³-hybridized carbons (Fsp3) is 0.250. The minimum atomic E-state index is -0.895. The van der Waals surface area contributed by atoms with Gasteiger partial charge in [0, 0.05) is 25.9 Å². The number of methoxy groups -OCH3 is 1. The normalized spacial score (nSPS) is 11.6. The van der Waals surface area contributed by atoms with Gasteiger partial charge in [0.15, 0.2) is 0 Å². The molecular weight excluding hydrogens is 382 g/mol. The maximum atomic E-state index is 10.9. The first-order chi connectivity index (χ1) is 14.7. The van der Waals surface area contributed by atoms with E-state index in [9.17, 15) is 4.79 Å². The Bertz CT molecular complexity index is 911. The van der Waals surface area contributed by atoms with Crippen LogP contribution in [0.2, 0.25) is 0 Å². The van der Waals surface area contributed by atoms with Crippen LogP contribution in [0.1, 0.15) is 24.5 Å². The van der Waals surface area contributed by atoms with Crippen molar-refractivity contribution in [3.8, 4) is 22.6 Å². The van der Waals surface area contributed by atoms with Gasteiger partial charge in [-0.3, -0.25) is 9.78 Å². The highest BCUT2D eigenvalue weighted by Crippen LogP contribution is 2.24. The summed E-state index contributed by atoms with van der Waals surface area (Å²) in [5.41, 5.74) is 2.98. The number of hydrogen-bond acceptors (Lipinski definition) is 5. The highest BCUT2D eigenvalue weighted by atomic mass is 16.5. The van der Waals surface area contributed by atoms with Crippen LogP contribution in [0.3, 0.4) is 0 Å². The molecule has 0 aliphatic rings. The summed E-state index contributed by atoms with van der Waals surface area (Å²) in [6, 6.07) is 19.2. The van der Waals surface area contributed by atoms with Gasteiger partial charge in [-0.2, -0.15) is 0 Å². The third-order valence-electron chi connectivity index (χ3n) is 4.57. The van der Waals surface area contributed by atoms with E-state index in [2.05, 4.69) is 4.98 Å². The Balaban J connectivity index is 1.39. The molecule has 3 aromatic rings. The maximum Gasteiger partial charge on any atom is 0.306 e. The number of carbonyl (C=O) groups is 1. The number of ether oxygens (including phenoxy) is 3. The smallest absolute Gasteiger partial charge is 0.306 e. The van der Waals surface area contributed by atoms with E-state index in [1.807, 2.05) is 66.9 Å². The number of aromatic nitrogens is 1. The van der Waals surface area contributed by atoms with Gasteiger partial charge in [0.25, 0.3) is 0 Å². The van der Waals surface area contributed by atoms with E-state index in [0.717, 1.165) is 34.6 Å². The molecule has 30 heavy (non-hydrogen) atoms. The van der Waals surface area contributed by atoms with Crippen molar-refractivity contribution in [1.82, 2.24) is 4.98 Å². The number of rotatable bonds is 11. The predicted octanol–water partition coefficient (Wildman–Crippen LogP) is 4.76. The molecule has 0 saturated heterocycles. The molecule has 1 heterocycles. The van der Waals surface area contributed by atoms with Crippen LogP contribution in [0.4, 0.5) is 0 Å². The summed E-state index contributed by atoms with van der Waals surface area (Å²) in [5, 5.41) is 8.93. The summed E-state index contributed by atoms with van der Waals surface area (Å²) in [4.78, 5) is 15.0. The number of pyridine rings is 1. The zero-order valence-corrected chi connectivity index (χ0v) is 16.9. The first-order valence-corrected chi connectivity index (χ1v) is 9.76. The molecule has 0 bridgehead atoms. The summed E-state index contributed by atoms with van der Waals surface area (Å²) >= 11 is 0. The van der Waals surface area contributed by atoms with Crippen molar-refractivity contribution in [3.05, 3.63) is 78.6 Å². The zero-order chi connectivity index (χ0) is 21.2. The number of benzene rings is 2. The fourth-order valence-corrected chi connectivity index (χ4v) is 2.99. The Hall–Kier alpha value is -3.38. The van der Waals surface area contributed by atoms with E-state index in [1.165, 1.54) is 7.11 Å². The Morgan fingerprint density at radius 1 is 0.933 bits per heavy atom. The van der Waals surface area contributed by atoms with E-state index in [4.69, 9.17) is 19.3 Å². The topological polar surface area (TPSA) is 77.9 Å². The lowest BCUT2D eigenvalue weighted by Crippen LogP contribution is -2.08. The first kappa shape index (κ1) is 21.3. The van der Waals surface area contributed by atoms with Crippen LogP contribution in [-0.4, -0.2) is 36.4 Å². The molecule has 2 aromatic carbocycles. The van der Waals surface area contributed by atoms with E-state index < -0.39 is 12.1 Å². The van der Waals surface area contributed by atoms with Crippen molar-refractivity contribution in [3.63, 3.8) is 0 Å². The second-order valence-corrected chi connectivity index (χ2v) is 6.71. The molecule has 1 N–H and O–H groups in total. The van der Waals surface area contributed by atoms with Gasteiger partial charge in [0.1, 0.15) is 11.5 Å². The fourth-order valence-electron chi connectivity index (χ4n) is 2.99. The van der Waals surface area contributed by atoms with Crippen molar-refractivity contribution in [1.29, 1.82) is 0 Å². The third-order valence-corrected chi connectivity index (χ3v) is 4.57. The highest BCUT2D eigenvalue weighted by Gasteiger charge is 2.14. The third kappa shape index (κ3) is 6.32. The van der Waals surface area contributed by atoms with Gasteiger partial charge in [0.05, 0.1) is 25.7 Å². The van der Waals surface area contributed by atoms with Crippen LogP contribution in [0.5, 0.6) is 11.5 Å². The number of nitrogens with zero attached hydrogens (tertiary/aromatic N) is 1. The summed E-state index contributed by atoms with van der Waals surface area (Å²) in [7, 11) is 1.50. The van der Waals surface area contributed by atoms with Gasteiger partial charge in [-0.15, -0.1) is 0 Å². The molecule has 156 valence electrons. The molecule has 0 radical (unpaired) electrons. The molecule has 3 rings (SSSR count). The van der Waals surface area contributed by atoms with Crippen LogP contribution in [0.15, 0.2) is 73.1 Å². The SMILES string of the molecule is COC(CC(=O)O)c1ccc(OCCCOc2ccc(-c3cccnc3)cc2)cc1. The molecule has 1 aromatic heterocycles. The van der Waals surface area contributed by atoms with Gasteiger partial charge < -0.3 is 19.3 Å². The quantitative estimate of drug-likeness (QED) is 0.462. The van der Waals surface area contributed by atoms with Crippen LogP contribution >= 0.6 is 0 Å². The average molecular weight is 407 g/mol.